The van der Waals surface area contributed by atoms with Gasteiger partial charge in [-0.05, 0) is 10.8 Å². The van der Waals surface area contributed by atoms with Gasteiger partial charge in [0.25, 0.3) is 0 Å². The zero-order valence-electron chi connectivity index (χ0n) is 11.0. The minimum Gasteiger partial charge on any atom is -0.481 e. The van der Waals surface area contributed by atoms with Gasteiger partial charge in [0.1, 0.15) is 0 Å². The highest BCUT2D eigenvalue weighted by molar-refractivity contribution is 5.67. The van der Waals surface area contributed by atoms with Crippen molar-refractivity contribution in [2.75, 3.05) is 13.1 Å². The van der Waals surface area contributed by atoms with Crippen molar-refractivity contribution in [2.45, 2.75) is 47.1 Å². The number of carbonyl (C=O) groups is 1. The van der Waals surface area contributed by atoms with E-state index in [-0.39, 0.29) is 17.3 Å². The Bertz CT molecular complexity index is 231. The summed E-state index contributed by atoms with van der Waals surface area (Å²) in [7, 11) is 0. The number of rotatable bonds is 6. The molecule has 0 fully saturated rings. The maximum absolute atomic E-state index is 10.3. The number of hydrogen-bond acceptors (Lipinski definition) is 3. The lowest BCUT2D eigenvalue weighted by Gasteiger charge is -2.39. The van der Waals surface area contributed by atoms with Gasteiger partial charge >= 0.3 is 5.97 Å². The zero-order valence-corrected chi connectivity index (χ0v) is 11.0. The summed E-state index contributed by atoms with van der Waals surface area (Å²) >= 11 is 0. The highest BCUT2D eigenvalue weighted by Crippen LogP contribution is 2.36. The molecule has 0 saturated heterocycles. The third kappa shape index (κ3) is 5.47. The van der Waals surface area contributed by atoms with E-state index >= 15 is 0 Å². The number of carboxylic acids is 1. The van der Waals surface area contributed by atoms with Crippen molar-refractivity contribution in [3.05, 3.63) is 0 Å². The fourth-order valence-corrected chi connectivity index (χ4v) is 1.09. The molecule has 0 aliphatic heterocycles. The summed E-state index contributed by atoms with van der Waals surface area (Å²) < 4.78 is 0. The van der Waals surface area contributed by atoms with E-state index in [4.69, 9.17) is 5.11 Å². The van der Waals surface area contributed by atoms with Crippen LogP contribution in [0.15, 0.2) is 0 Å². The van der Waals surface area contributed by atoms with Crippen molar-refractivity contribution in [1.29, 1.82) is 0 Å². The largest absolute Gasteiger partial charge is 0.481 e. The normalized spacial score (nSPS) is 14.9. The molecular formula is C12H25NO3. The third-order valence-corrected chi connectivity index (χ3v) is 3.39. The van der Waals surface area contributed by atoms with Crippen LogP contribution in [0.25, 0.3) is 0 Å². The zero-order chi connectivity index (χ0) is 13.0. The van der Waals surface area contributed by atoms with Crippen LogP contribution in [0.1, 0.15) is 41.0 Å². The average Bonchev–Trinajstić information content (AvgIpc) is 1.99. The van der Waals surface area contributed by atoms with E-state index in [9.17, 15) is 9.90 Å². The summed E-state index contributed by atoms with van der Waals surface area (Å²) in [5.41, 5.74) is 0.258. The first kappa shape index (κ1) is 15.4. The Labute approximate surface area is 98.1 Å². The van der Waals surface area contributed by atoms with Crippen LogP contribution in [0.4, 0.5) is 0 Å². The molecule has 0 aliphatic rings. The van der Waals surface area contributed by atoms with Crippen LogP contribution >= 0.6 is 0 Å². The molecule has 1 atom stereocenters. The molecule has 16 heavy (non-hydrogen) atoms. The lowest BCUT2D eigenvalue weighted by Crippen LogP contribution is -2.42. The first-order valence-corrected chi connectivity index (χ1v) is 5.67. The SMILES string of the molecule is CC(C)(C)C(C)(C)CNCC(O)CC(=O)O. The highest BCUT2D eigenvalue weighted by Gasteiger charge is 2.32. The van der Waals surface area contributed by atoms with Crippen LogP contribution in [-0.4, -0.2) is 35.4 Å². The molecule has 4 nitrogen and oxygen atoms in total. The predicted molar refractivity (Wildman–Crippen MR) is 64.4 cm³/mol. The Kier molecular flexibility index (Phi) is 5.42. The molecule has 3 N–H and O–H groups in total. The molecule has 96 valence electrons. The third-order valence-electron chi connectivity index (χ3n) is 3.39. The van der Waals surface area contributed by atoms with Crippen LogP contribution in [0.2, 0.25) is 0 Å². The van der Waals surface area contributed by atoms with Gasteiger partial charge in [0, 0.05) is 13.1 Å². The molecular weight excluding hydrogens is 206 g/mol. The quantitative estimate of drug-likeness (QED) is 0.647. The van der Waals surface area contributed by atoms with Gasteiger partial charge in [-0.1, -0.05) is 34.6 Å². The van der Waals surface area contributed by atoms with E-state index in [2.05, 4.69) is 39.9 Å². The molecule has 0 aromatic rings. The smallest absolute Gasteiger partial charge is 0.306 e. The molecule has 0 aromatic heterocycles. The van der Waals surface area contributed by atoms with E-state index in [1.54, 1.807) is 0 Å². The number of aliphatic hydroxyl groups excluding tert-OH is 1. The highest BCUT2D eigenvalue weighted by atomic mass is 16.4. The predicted octanol–water partition coefficient (Wildman–Crippen LogP) is 1.48. The van der Waals surface area contributed by atoms with Crippen molar-refractivity contribution in [2.24, 2.45) is 10.8 Å². The Morgan fingerprint density at radius 2 is 1.75 bits per heavy atom. The summed E-state index contributed by atoms with van der Waals surface area (Å²) in [6.45, 7) is 11.9. The van der Waals surface area contributed by atoms with Crippen molar-refractivity contribution >= 4 is 5.97 Å². The Hall–Kier alpha value is -0.610. The molecule has 0 amide bonds. The van der Waals surface area contributed by atoms with Gasteiger partial charge < -0.3 is 15.5 Å². The van der Waals surface area contributed by atoms with E-state index < -0.39 is 12.1 Å². The Morgan fingerprint density at radius 3 is 2.12 bits per heavy atom. The molecule has 0 rings (SSSR count). The lowest BCUT2D eigenvalue weighted by molar-refractivity contribution is -0.139. The van der Waals surface area contributed by atoms with Gasteiger partial charge in [0.2, 0.25) is 0 Å². The summed E-state index contributed by atoms with van der Waals surface area (Å²) in [5.74, 6) is -0.968. The van der Waals surface area contributed by atoms with Crippen LogP contribution in [0.3, 0.4) is 0 Å². The molecule has 0 saturated carbocycles. The average molecular weight is 231 g/mol. The molecule has 0 aliphatic carbocycles. The maximum atomic E-state index is 10.3. The molecule has 0 heterocycles. The Morgan fingerprint density at radius 1 is 1.25 bits per heavy atom. The number of hydrogen-bond donors (Lipinski definition) is 3. The standard InChI is InChI=1S/C12H25NO3/c1-11(2,3)12(4,5)8-13-7-9(14)6-10(15)16/h9,13-14H,6-8H2,1-5H3,(H,15,16). The summed E-state index contributed by atoms with van der Waals surface area (Å²) in [4.78, 5) is 10.3. The van der Waals surface area contributed by atoms with Crippen LogP contribution in [0, 0.1) is 10.8 Å². The van der Waals surface area contributed by atoms with Gasteiger partial charge in [-0.25, -0.2) is 0 Å². The monoisotopic (exact) mass is 231 g/mol. The summed E-state index contributed by atoms with van der Waals surface area (Å²) in [6.07, 6.45) is -1.02. The fourth-order valence-electron chi connectivity index (χ4n) is 1.09. The summed E-state index contributed by atoms with van der Waals surface area (Å²) in [6, 6.07) is 0. The number of nitrogens with one attached hydrogen (secondary N) is 1. The molecule has 0 aromatic carbocycles. The van der Waals surface area contributed by atoms with E-state index in [0.29, 0.717) is 6.54 Å². The van der Waals surface area contributed by atoms with Crippen LogP contribution in [0.5, 0.6) is 0 Å². The van der Waals surface area contributed by atoms with E-state index in [0.717, 1.165) is 6.54 Å². The molecule has 0 radical (unpaired) electrons. The first-order valence-electron chi connectivity index (χ1n) is 5.67. The number of aliphatic carboxylic acids is 1. The molecule has 1 unspecified atom stereocenters. The van der Waals surface area contributed by atoms with E-state index in [1.165, 1.54) is 0 Å². The van der Waals surface area contributed by atoms with Crippen molar-refractivity contribution in [3.63, 3.8) is 0 Å². The Balaban J connectivity index is 3.94. The van der Waals surface area contributed by atoms with Gasteiger partial charge in [-0.2, -0.15) is 0 Å². The second-order valence-corrected chi connectivity index (χ2v) is 6.02. The molecule has 4 heteroatoms. The summed E-state index contributed by atoms with van der Waals surface area (Å²) in [5, 5.41) is 21.0. The van der Waals surface area contributed by atoms with E-state index in [1.807, 2.05) is 0 Å². The number of aliphatic hydroxyl groups is 1. The van der Waals surface area contributed by atoms with Gasteiger partial charge in [0.15, 0.2) is 0 Å². The maximum Gasteiger partial charge on any atom is 0.306 e. The van der Waals surface area contributed by atoms with Crippen LogP contribution in [-0.2, 0) is 4.79 Å². The fraction of sp³-hybridized carbons (Fsp3) is 0.917. The minimum atomic E-state index is -0.968. The van der Waals surface area contributed by atoms with Crippen molar-refractivity contribution in [1.82, 2.24) is 5.32 Å². The first-order chi connectivity index (χ1) is 7.06. The molecule has 0 spiro atoms. The van der Waals surface area contributed by atoms with Crippen molar-refractivity contribution < 1.29 is 15.0 Å². The topological polar surface area (TPSA) is 69.6 Å². The second kappa shape index (κ2) is 5.64. The van der Waals surface area contributed by atoms with Gasteiger partial charge in [-0.15, -0.1) is 0 Å². The minimum absolute atomic E-state index is 0.0932. The molecule has 0 bridgehead atoms. The van der Waals surface area contributed by atoms with Gasteiger partial charge in [-0.3, -0.25) is 4.79 Å². The van der Waals surface area contributed by atoms with Crippen molar-refractivity contribution in [3.8, 4) is 0 Å². The lowest BCUT2D eigenvalue weighted by atomic mass is 9.69. The van der Waals surface area contributed by atoms with Crippen LogP contribution < -0.4 is 5.32 Å². The van der Waals surface area contributed by atoms with Gasteiger partial charge in [0.05, 0.1) is 12.5 Å². The second-order valence-electron chi connectivity index (χ2n) is 6.02. The number of carboxylic acid groups (broad SMARTS) is 1.